The van der Waals surface area contributed by atoms with Gasteiger partial charge in [0.2, 0.25) is 0 Å². The van der Waals surface area contributed by atoms with Crippen LogP contribution in [-0.2, 0) is 10.0 Å². The largest absolute Gasteiger partial charge is 0.322 e. The van der Waals surface area contributed by atoms with Crippen molar-refractivity contribution in [2.75, 3.05) is 11.9 Å². The molecule has 9 heteroatoms. The molecule has 0 saturated heterocycles. The minimum Gasteiger partial charge on any atom is -0.322 e. The Morgan fingerprint density at radius 2 is 1.93 bits per heavy atom. The van der Waals surface area contributed by atoms with Gasteiger partial charge in [-0.25, -0.2) is 8.42 Å². The van der Waals surface area contributed by atoms with E-state index in [1.165, 1.54) is 12.1 Å². The summed E-state index contributed by atoms with van der Waals surface area (Å²) in [4.78, 5) is 18.4. The number of carbonyl (C=O) groups is 1. The lowest BCUT2D eigenvalue weighted by molar-refractivity contribution is 0.102. The molecule has 0 unspecified atom stereocenters. The first-order valence-corrected chi connectivity index (χ1v) is 11.9. The van der Waals surface area contributed by atoms with Gasteiger partial charge in [-0.05, 0) is 56.2 Å². The van der Waals surface area contributed by atoms with Gasteiger partial charge in [0.1, 0.15) is 10.8 Å². The Balaban J connectivity index is 1.60. The summed E-state index contributed by atoms with van der Waals surface area (Å²) < 4.78 is 29.8. The number of aromatic nitrogens is 1. The van der Waals surface area contributed by atoms with Gasteiger partial charge in [0.25, 0.3) is 15.9 Å². The smallest absolute Gasteiger partial charge is 0.262 e. The van der Waals surface area contributed by atoms with Crippen LogP contribution in [0, 0.1) is 13.8 Å². The third-order valence-corrected chi connectivity index (χ3v) is 7.56. The van der Waals surface area contributed by atoms with Crippen molar-refractivity contribution in [1.82, 2.24) is 9.29 Å². The van der Waals surface area contributed by atoms with E-state index in [2.05, 4.69) is 15.0 Å². The van der Waals surface area contributed by atoms with Crippen LogP contribution in [0.2, 0.25) is 0 Å². The van der Waals surface area contributed by atoms with Crippen LogP contribution in [0.1, 0.15) is 33.6 Å². The molecular weight excluding hydrogens is 420 g/mol. The number of nitrogens with one attached hydrogen (secondary N) is 2. The average molecular weight is 443 g/mol. The fraction of sp³-hybridized carbons (Fsp3) is 0.238. The predicted octanol–water partition coefficient (Wildman–Crippen LogP) is 3.88. The molecule has 1 aromatic carbocycles. The summed E-state index contributed by atoms with van der Waals surface area (Å²) in [6, 6.07) is 10.1. The molecule has 0 radical (unpaired) electrons. The number of carbonyl (C=O) groups excluding carboxylic acids is 1. The summed E-state index contributed by atoms with van der Waals surface area (Å²) in [5.74, 6) is 0.202. The van der Waals surface area contributed by atoms with Crippen molar-refractivity contribution in [3.8, 4) is 5.00 Å². The second-order valence-corrected chi connectivity index (χ2v) is 9.96. The Morgan fingerprint density at radius 3 is 2.63 bits per heavy atom. The molecule has 2 N–H and O–H groups in total. The first-order chi connectivity index (χ1) is 14.3. The molecule has 0 aliphatic carbocycles. The van der Waals surface area contributed by atoms with Gasteiger partial charge in [0, 0.05) is 35.9 Å². The van der Waals surface area contributed by atoms with Gasteiger partial charge < -0.3 is 9.88 Å². The van der Waals surface area contributed by atoms with Gasteiger partial charge in [-0.1, -0.05) is 6.07 Å². The highest BCUT2D eigenvalue weighted by atomic mass is 32.2. The Labute approximate surface area is 179 Å². The number of aryl methyl sites for hydroxylation is 1. The molecule has 30 heavy (non-hydrogen) atoms. The molecule has 2 aromatic heterocycles. The maximum Gasteiger partial charge on any atom is 0.262 e. The first-order valence-electron chi connectivity index (χ1n) is 9.56. The number of amidine groups is 1. The highest BCUT2D eigenvalue weighted by Crippen LogP contribution is 2.31. The van der Waals surface area contributed by atoms with Crippen molar-refractivity contribution in [2.24, 2.45) is 4.99 Å². The fourth-order valence-corrected chi connectivity index (χ4v) is 5.55. The van der Waals surface area contributed by atoms with Crippen LogP contribution in [-0.4, -0.2) is 31.3 Å². The second-order valence-electron chi connectivity index (χ2n) is 7.07. The number of thiophene rings is 1. The van der Waals surface area contributed by atoms with E-state index in [4.69, 9.17) is 0 Å². The first kappa shape index (κ1) is 20.4. The molecule has 0 spiro atoms. The van der Waals surface area contributed by atoms with Crippen LogP contribution < -0.4 is 10.0 Å². The zero-order valence-electron chi connectivity index (χ0n) is 16.7. The SMILES string of the molecule is Cc1sc(-n2cccc2)c(C(=O)Nc2cccc(S(=O)(=O)NC3=NCCC3)c2)c1C. The highest BCUT2D eigenvalue weighted by molar-refractivity contribution is 7.90. The number of aliphatic imine (C=N–C) groups is 1. The molecular formula is C21H22N4O3S2. The number of anilines is 1. The molecule has 0 atom stereocenters. The number of nitrogens with zero attached hydrogens (tertiary/aromatic N) is 2. The average Bonchev–Trinajstić information content (AvgIpc) is 3.45. The third-order valence-electron chi connectivity index (χ3n) is 4.96. The Hall–Kier alpha value is -2.91. The highest BCUT2D eigenvalue weighted by Gasteiger charge is 2.22. The zero-order chi connectivity index (χ0) is 21.3. The lowest BCUT2D eigenvalue weighted by Crippen LogP contribution is -2.29. The molecule has 3 heterocycles. The van der Waals surface area contributed by atoms with Crippen molar-refractivity contribution in [3.63, 3.8) is 0 Å². The molecule has 156 valence electrons. The molecule has 0 fully saturated rings. The molecule has 0 bridgehead atoms. The lowest BCUT2D eigenvalue weighted by Gasteiger charge is -2.11. The van der Waals surface area contributed by atoms with Crippen molar-refractivity contribution in [2.45, 2.75) is 31.6 Å². The fourth-order valence-electron chi connectivity index (χ4n) is 3.30. The van der Waals surface area contributed by atoms with E-state index in [-0.39, 0.29) is 10.8 Å². The van der Waals surface area contributed by atoms with E-state index in [1.54, 1.807) is 23.5 Å². The van der Waals surface area contributed by atoms with Gasteiger partial charge in [-0.2, -0.15) is 0 Å². The van der Waals surface area contributed by atoms with E-state index in [1.807, 2.05) is 42.9 Å². The van der Waals surface area contributed by atoms with E-state index in [0.29, 0.717) is 30.1 Å². The number of amides is 1. The van der Waals surface area contributed by atoms with Crippen molar-refractivity contribution >= 4 is 38.8 Å². The number of benzene rings is 1. The van der Waals surface area contributed by atoms with Crippen LogP contribution in [0.15, 0.2) is 58.7 Å². The molecule has 1 amide bonds. The quantitative estimate of drug-likeness (QED) is 0.628. The van der Waals surface area contributed by atoms with Gasteiger partial charge >= 0.3 is 0 Å². The summed E-state index contributed by atoms with van der Waals surface area (Å²) in [6.45, 7) is 4.53. The van der Waals surface area contributed by atoms with E-state index in [0.717, 1.165) is 21.9 Å². The minimum absolute atomic E-state index is 0.0822. The molecule has 4 rings (SSSR count). The van der Waals surface area contributed by atoms with Crippen molar-refractivity contribution in [1.29, 1.82) is 0 Å². The molecule has 1 aliphatic rings. The molecule has 3 aromatic rings. The molecule has 0 saturated carbocycles. The van der Waals surface area contributed by atoms with E-state index >= 15 is 0 Å². The van der Waals surface area contributed by atoms with Gasteiger partial charge in [-0.3, -0.25) is 14.5 Å². The van der Waals surface area contributed by atoms with Gasteiger partial charge in [0.15, 0.2) is 0 Å². The normalized spacial score (nSPS) is 13.9. The lowest BCUT2D eigenvalue weighted by atomic mass is 10.1. The van der Waals surface area contributed by atoms with Crippen LogP contribution >= 0.6 is 11.3 Å². The summed E-state index contributed by atoms with van der Waals surface area (Å²) in [5, 5.41) is 3.68. The molecule has 7 nitrogen and oxygen atoms in total. The van der Waals surface area contributed by atoms with Crippen LogP contribution in [0.5, 0.6) is 0 Å². The standard InChI is InChI=1S/C21H22N4O3S2/c1-14-15(2)29-21(25-11-3-4-12-25)19(14)20(26)23-16-7-5-8-17(13-16)30(27,28)24-18-9-6-10-22-18/h3-5,7-8,11-13H,6,9-10H2,1-2H3,(H,22,24)(H,23,26). The molecule has 1 aliphatic heterocycles. The maximum atomic E-state index is 13.1. The second kappa shape index (κ2) is 8.08. The van der Waals surface area contributed by atoms with Crippen LogP contribution in [0.3, 0.4) is 0 Å². The Morgan fingerprint density at radius 1 is 1.17 bits per heavy atom. The zero-order valence-corrected chi connectivity index (χ0v) is 18.3. The summed E-state index contributed by atoms with van der Waals surface area (Å²) in [6.07, 6.45) is 5.25. The van der Waals surface area contributed by atoms with Crippen molar-refractivity contribution in [3.05, 3.63) is 64.8 Å². The third kappa shape index (κ3) is 4.03. The van der Waals surface area contributed by atoms with Crippen LogP contribution in [0.25, 0.3) is 5.00 Å². The number of sulfonamides is 1. The maximum absolute atomic E-state index is 13.1. The summed E-state index contributed by atoms with van der Waals surface area (Å²) in [5.41, 5.74) is 1.91. The van der Waals surface area contributed by atoms with Gasteiger partial charge in [0.05, 0.1) is 10.5 Å². The Kier molecular flexibility index (Phi) is 5.48. The summed E-state index contributed by atoms with van der Waals surface area (Å²) >= 11 is 1.55. The number of hydrogen-bond donors (Lipinski definition) is 2. The number of rotatable bonds is 5. The van der Waals surface area contributed by atoms with Crippen LogP contribution in [0.4, 0.5) is 5.69 Å². The Bertz CT molecular complexity index is 1230. The van der Waals surface area contributed by atoms with Crippen molar-refractivity contribution < 1.29 is 13.2 Å². The number of hydrogen-bond acceptors (Lipinski definition) is 5. The monoisotopic (exact) mass is 442 g/mol. The topological polar surface area (TPSA) is 92.6 Å². The van der Waals surface area contributed by atoms with Gasteiger partial charge in [-0.15, -0.1) is 11.3 Å². The predicted molar refractivity (Wildman–Crippen MR) is 119 cm³/mol. The van der Waals surface area contributed by atoms with E-state index < -0.39 is 10.0 Å². The van der Waals surface area contributed by atoms with E-state index in [9.17, 15) is 13.2 Å². The summed E-state index contributed by atoms with van der Waals surface area (Å²) in [7, 11) is -3.75. The minimum atomic E-state index is -3.75.